The van der Waals surface area contributed by atoms with Gasteiger partial charge in [-0.2, -0.15) is 0 Å². The summed E-state index contributed by atoms with van der Waals surface area (Å²) in [7, 11) is 0. The summed E-state index contributed by atoms with van der Waals surface area (Å²) < 4.78 is 5.38. The maximum atomic E-state index is 11.4. The summed E-state index contributed by atoms with van der Waals surface area (Å²) in [6.07, 6.45) is 1.11. The van der Waals surface area contributed by atoms with Crippen molar-refractivity contribution in [3.8, 4) is 5.75 Å². The van der Waals surface area contributed by atoms with Crippen LogP contribution >= 0.6 is 0 Å². The lowest BCUT2D eigenvalue weighted by molar-refractivity contribution is -0.118. The Morgan fingerprint density at radius 3 is 2.89 bits per heavy atom. The maximum Gasteiger partial charge on any atom is 0.262 e. The standard InChI is InChI=1S/C15H22N2O2/c1-4-7-16-15(10(2)3)11-5-6-13-12(8-11)17-14(18)9-19-13/h5-6,8,10,15-16H,4,7,9H2,1-3H3,(H,17,18). The van der Waals surface area contributed by atoms with Crippen LogP contribution in [0.5, 0.6) is 5.75 Å². The molecular formula is C15H22N2O2. The highest BCUT2D eigenvalue weighted by Crippen LogP contribution is 2.32. The molecule has 19 heavy (non-hydrogen) atoms. The normalized spacial score (nSPS) is 15.7. The zero-order chi connectivity index (χ0) is 13.8. The molecule has 0 aliphatic carbocycles. The van der Waals surface area contributed by atoms with E-state index in [-0.39, 0.29) is 12.5 Å². The average molecular weight is 262 g/mol. The van der Waals surface area contributed by atoms with Crippen LogP contribution in [-0.4, -0.2) is 19.1 Å². The smallest absolute Gasteiger partial charge is 0.262 e. The van der Waals surface area contributed by atoms with E-state index in [1.807, 2.05) is 12.1 Å². The fraction of sp³-hybridized carbons (Fsp3) is 0.533. The lowest BCUT2D eigenvalue weighted by Gasteiger charge is -2.25. The third kappa shape index (κ3) is 3.26. The highest BCUT2D eigenvalue weighted by atomic mass is 16.5. The van der Waals surface area contributed by atoms with Gasteiger partial charge >= 0.3 is 0 Å². The number of amides is 1. The number of nitrogens with one attached hydrogen (secondary N) is 2. The molecule has 4 nitrogen and oxygen atoms in total. The van der Waals surface area contributed by atoms with Gasteiger partial charge in [-0.1, -0.05) is 26.8 Å². The minimum atomic E-state index is -0.0905. The molecule has 1 aliphatic rings. The van der Waals surface area contributed by atoms with Gasteiger partial charge in [-0.05, 0) is 36.6 Å². The molecule has 1 unspecified atom stereocenters. The molecule has 0 radical (unpaired) electrons. The fourth-order valence-corrected chi connectivity index (χ4v) is 2.33. The van der Waals surface area contributed by atoms with Crippen molar-refractivity contribution in [2.75, 3.05) is 18.5 Å². The number of hydrogen-bond acceptors (Lipinski definition) is 3. The minimum absolute atomic E-state index is 0.0905. The van der Waals surface area contributed by atoms with Gasteiger partial charge in [0.15, 0.2) is 6.61 Å². The lowest BCUT2D eigenvalue weighted by Crippen LogP contribution is -2.28. The second-order valence-electron chi connectivity index (χ2n) is 5.27. The second kappa shape index (κ2) is 6.06. The second-order valence-corrected chi connectivity index (χ2v) is 5.27. The topological polar surface area (TPSA) is 50.4 Å². The van der Waals surface area contributed by atoms with Gasteiger partial charge in [-0.25, -0.2) is 0 Å². The number of carbonyl (C=O) groups excluding carboxylic acids is 1. The molecule has 0 spiro atoms. The van der Waals surface area contributed by atoms with Crippen LogP contribution in [0.25, 0.3) is 0 Å². The van der Waals surface area contributed by atoms with Crippen LogP contribution in [0.2, 0.25) is 0 Å². The number of anilines is 1. The van der Waals surface area contributed by atoms with Gasteiger partial charge < -0.3 is 15.4 Å². The zero-order valence-electron chi connectivity index (χ0n) is 11.8. The van der Waals surface area contributed by atoms with Crippen LogP contribution in [0, 0.1) is 5.92 Å². The molecule has 104 valence electrons. The zero-order valence-corrected chi connectivity index (χ0v) is 11.8. The first-order chi connectivity index (χ1) is 9.11. The van der Waals surface area contributed by atoms with Crippen molar-refractivity contribution in [3.05, 3.63) is 23.8 Å². The third-order valence-electron chi connectivity index (χ3n) is 3.28. The molecule has 1 atom stereocenters. The minimum Gasteiger partial charge on any atom is -0.482 e. The molecule has 1 aliphatic heterocycles. The number of hydrogen-bond donors (Lipinski definition) is 2. The van der Waals surface area contributed by atoms with E-state index in [2.05, 4.69) is 37.5 Å². The van der Waals surface area contributed by atoms with Crippen LogP contribution < -0.4 is 15.4 Å². The van der Waals surface area contributed by atoms with E-state index in [1.54, 1.807) is 0 Å². The molecule has 4 heteroatoms. The van der Waals surface area contributed by atoms with E-state index in [0.29, 0.717) is 12.0 Å². The average Bonchev–Trinajstić information content (AvgIpc) is 2.38. The summed E-state index contributed by atoms with van der Waals surface area (Å²) in [6, 6.07) is 6.32. The Kier molecular flexibility index (Phi) is 4.43. The molecule has 0 saturated carbocycles. The van der Waals surface area contributed by atoms with Gasteiger partial charge in [0.1, 0.15) is 5.75 Å². The van der Waals surface area contributed by atoms with Crippen LogP contribution in [0.1, 0.15) is 38.8 Å². The molecule has 1 amide bonds. The van der Waals surface area contributed by atoms with Crippen molar-refractivity contribution < 1.29 is 9.53 Å². The Balaban J connectivity index is 2.23. The number of ether oxygens (including phenoxy) is 1. The Hall–Kier alpha value is -1.55. The van der Waals surface area contributed by atoms with Crippen molar-refractivity contribution in [3.63, 3.8) is 0 Å². The number of carbonyl (C=O) groups is 1. The monoisotopic (exact) mass is 262 g/mol. The largest absolute Gasteiger partial charge is 0.482 e. The van der Waals surface area contributed by atoms with Gasteiger partial charge in [0.2, 0.25) is 0 Å². The highest BCUT2D eigenvalue weighted by Gasteiger charge is 2.20. The predicted octanol–water partition coefficient (Wildman–Crippen LogP) is 2.71. The number of rotatable bonds is 5. The number of fused-ring (bicyclic) bond motifs is 1. The summed E-state index contributed by atoms with van der Waals surface area (Å²) >= 11 is 0. The van der Waals surface area contributed by atoms with Crippen LogP contribution in [0.15, 0.2) is 18.2 Å². The Morgan fingerprint density at radius 1 is 1.42 bits per heavy atom. The molecule has 2 N–H and O–H groups in total. The number of benzene rings is 1. The highest BCUT2D eigenvalue weighted by molar-refractivity contribution is 5.95. The van der Waals surface area contributed by atoms with E-state index in [4.69, 9.17) is 4.74 Å². The van der Waals surface area contributed by atoms with E-state index in [0.717, 1.165) is 24.4 Å². The molecule has 0 bridgehead atoms. The SMILES string of the molecule is CCCNC(c1ccc2c(c1)NC(=O)CO2)C(C)C. The van der Waals surface area contributed by atoms with Gasteiger partial charge in [0.25, 0.3) is 5.91 Å². The molecule has 0 saturated heterocycles. The lowest BCUT2D eigenvalue weighted by atomic mass is 9.95. The first-order valence-electron chi connectivity index (χ1n) is 6.91. The van der Waals surface area contributed by atoms with E-state index in [1.165, 1.54) is 5.56 Å². The van der Waals surface area contributed by atoms with Crippen molar-refractivity contribution in [2.24, 2.45) is 5.92 Å². The van der Waals surface area contributed by atoms with E-state index < -0.39 is 0 Å². The summed E-state index contributed by atoms with van der Waals surface area (Å²) in [5.41, 5.74) is 1.96. The van der Waals surface area contributed by atoms with Crippen LogP contribution in [0.3, 0.4) is 0 Å². The molecule has 1 aromatic rings. The van der Waals surface area contributed by atoms with Crippen molar-refractivity contribution in [2.45, 2.75) is 33.2 Å². The van der Waals surface area contributed by atoms with Crippen molar-refractivity contribution in [1.29, 1.82) is 0 Å². The van der Waals surface area contributed by atoms with Crippen LogP contribution in [-0.2, 0) is 4.79 Å². The quantitative estimate of drug-likeness (QED) is 0.858. The predicted molar refractivity (Wildman–Crippen MR) is 76.4 cm³/mol. The Labute approximate surface area is 114 Å². The van der Waals surface area contributed by atoms with Crippen LogP contribution in [0.4, 0.5) is 5.69 Å². The van der Waals surface area contributed by atoms with Crippen molar-refractivity contribution in [1.82, 2.24) is 5.32 Å². The molecule has 1 aromatic carbocycles. The molecule has 1 heterocycles. The molecule has 0 fully saturated rings. The van der Waals surface area contributed by atoms with Gasteiger partial charge in [0, 0.05) is 6.04 Å². The molecular weight excluding hydrogens is 240 g/mol. The fourth-order valence-electron chi connectivity index (χ4n) is 2.33. The van der Waals surface area contributed by atoms with E-state index >= 15 is 0 Å². The third-order valence-corrected chi connectivity index (χ3v) is 3.28. The summed E-state index contributed by atoms with van der Waals surface area (Å²) in [5.74, 6) is 1.15. The van der Waals surface area contributed by atoms with Gasteiger partial charge in [-0.15, -0.1) is 0 Å². The first kappa shape index (κ1) is 13.9. The van der Waals surface area contributed by atoms with Crippen molar-refractivity contribution >= 4 is 11.6 Å². The molecule has 2 rings (SSSR count). The Bertz CT molecular complexity index is 457. The summed E-state index contributed by atoms with van der Waals surface area (Å²) in [5, 5.41) is 6.41. The summed E-state index contributed by atoms with van der Waals surface area (Å²) in [6.45, 7) is 7.64. The van der Waals surface area contributed by atoms with Gasteiger partial charge in [0.05, 0.1) is 5.69 Å². The Morgan fingerprint density at radius 2 is 2.21 bits per heavy atom. The van der Waals surface area contributed by atoms with Gasteiger partial charge in [-0.3, -0.25) is 4.79 Å². The maximum absolute atomic E-state index is 11.4. The molecule has 0 aromatic heterocycles. The first-order valence-corrected chi connectivity index (χ1v) is 6.91. The van der Waals surface area contributed by atoms with E-state index in [9.17, 15) is 4.79 Å². The summed E-state index contributed by atoms with van der Waals surface area (Å²) in [4.78, 5) is 11.4.